The molecular weight excluding hydrogens is 402 g/mol. The summed E-state index contributed by atoms with van der Waals surface area (Å²) in [6, 6.07) is 5.26. The molecule has 1 amide bonds. The summed E-state index contributed by atoms with van der Waals surface area (Å²) in [5, 5.41) is 5.29. The highest BCUT2D eigenvalue weighted by Crippen LogP contribution is 2.47. The molecule has 1 N–H and O–H groups in total. The molecule has 2 aromatic rings. The van der Waals surface area contributed by atoms with Crippen molar-refractivity contribution in [3.8, 4) is 0 Å². The quantitative estimate of drug-likeness (QED) is 0.734. The number of benzene rings is 1. The van der Waals surface area contributed by atoms with E-state index < -0.39 is 35.4 Å². The molecule has 154 valence electrons. The zero-order valence-electron chi connectivity index (χ0n) is 14.3. The summed E-state index contributed by atoms with van der Waals surface area (Å²) in [5.74, 6) is -16.0. The second-order valence-electron chi connectivity index (χ2n) is 5.93. The minimum absolute atomic E-state index is 0.00114. The Morgan fingerprint density at radius 3 is 2.25 bits per heavy atom. The van der Waals surface area contributed by atoms with Crippen LogP contribution in [0.4, 0.5) is 40.8 Å². The number of alkyl halides is 7. The number of nitrogens with zero attached hydrogens (tertiary/aromatic N) is 2. The van der Waals surface area contributed by atoms with Crippen LogP contribution in [0.2, 0.25) is 0 Å². The Kier molecular flexibility index (Phi) is 5.46. The Bertz CT molecular complexity index is 888. The van der Waals surface area contributed by atoms with Crippen LogP contribution >= 0.6 is 0 Å². The van der Waals surface area contributed by atoms with Gasteiger partial charge in [0.25, 0.3) is 0 Å². The molecule has 0 radical (unpaired) electrons. The van der Waals surface area contributed by atoms with Gasteiger partial charge in [0.2, 0.25) is 0 Å². The van der Waals surface area contributed by atoms with Crippen molar-refractivity contribution in [2.24, 2.45) is 0 Å². The van der Waals surface area contributed by atoms with Crippen molar-refractivity contribution in [3.05, 3.63) is 47.0 Å². The second kappa shape index (κ2) is 7.06. The largest absolute Gasteiger partial charge is 0.460 e. The van der Waals surface area contributed by atoms with Crippen LogP contribution in [0.25, 0.3) is 0 Å². The number of carbonyl (C=O) groups excluding carboxylic acids is 1. The van der Waals surface area contributed by atoms with Gasteiger partial charge in [-0.2, -0.15) is 35.8 Å². The first-order valence-electron chi connectivity index (χ1n) is 7.60. The number of rotatable bonds is 5. The van der Waals surface area contributed by atoms with Gasteiger partial charge in [0.1, 0.15) is 5.82 Å². The van der Waals surface area contributed by atoms with Gasteiger partial charge in [-0.1, -0.05) is 12.1 Å². The third kappa shape index (κ3) is 3.80. The summed E-state index contributed by atoms with van der Waals surface area (Å²) in [6.45, 7) is 2.44. The van der Waals surface area contributed by atoms with Crippen LogP contribution < -0.4 is 5.32 Å². The maximum absolute atomic E-state index is 13.5. The van der Waals surface area contributed by atoms with E-state index in [-0.39, 0.29) is 17.9 Å². The molecule has 0 bridgehead atoms. The Balaban J connectivity index is 2.30. The molecule has 1 aromatic heterocycles. The average Bonchev–Trinajstić information content (AvgIpc) is 2.81. The van der Waals surface area contributed by atoms with E-state index in [0.29, 0.717) is 5.56 Å². The Morgan fingerprint density at radius 1 is 1.11 bits per heavy atom. The predicted molar refractivity (Wildman–Crippen MR) is 81.8 cm³/mol. The van der Waals surface area contributed by atoms with Gasteiger partial charge >= 0.3 is 23.9 Å². The van der Waals surface area contributed by atoms with Crippen LogP contribution in [-0.2, 0) is 11.3 Å². The van der Waals surface area contributed by atoms with E-state index in [2.05, 4.69) is 5.10 Å². The maximum atomic E-state index is 13.5. The maximum Gasteiger partial charge on any atom is 0.460 e. The molecule has 0 spiro atoms. The van der Waals surface area contributed by atoms with Crippen molar-refractivity contribution in [1.29, 1.82) is 0 Å². The summed E-state index contributed by atoms with van der Waals surface area (Å²) >= 11 is 0. The number of hydrogen-bond acceptors (Lipinski definition) is 2. The molecule has 0 aliphatic carbocycles. The normalized spacial score (nSPS) is 12.9. The first-order chi connectivity index (χ1) is 12.7. The van der Waals surface area contributed by atoms with Crippen molar-refractivity contribution < 1.29 is 39.9 Å². The fraction of sp³-hybridized carbons (Fsp3) is 0.375. The average molecular weight is 415 g/mol. The minimum atomic E-state index is -6.63. The molecule has 12 heteroatoms. The molecule has 0 saturated heterocycles. The van der Waals surface area contributed by atoms with E-state index >= 15 is 0 Å². The van der Waals surface area contributed by atoms with Gasteiger partial charge in [0.05, 0.1) is 23.6 Å². The Hall–Kier alpha value is -2.66. The van der Waals surface area contributed by atoms with E-state index in [0.717, 1.165) is 10.7 Å². The molecule has 2 rings (SSSR count). The van der Waals surface area contributed by atoms with Crippen molar-refractivity contribution >= 4 is 11.6 Å². The number of carbonyl (C=O) groups is 1. The number of nitrogens with one attached hydrogen (secondary N) is 1. The SMILES string of the molecule is Cc1nn(Cc2cccc(F)c2)c(C)c1NC(=O)C(F)(F)C(F)(F)C(F)(F)F. The zero-order valence-corrected chi connectivity index (χ0v) is 14.3. The fourth-order valence-electron chi connectivity index (χ4n) is 2.35. The first-order valence-corrected chi connectivity index (χ1v) is 7.60. The highest BCUT2D eigenvalue weighted by Gasteiger charge is 2.76. The number of amides is 1. The molecule has 28 heavy (non-hydrogen) atoms. The van der Waals surface area contributed by atoms with Crippen molar-refractivity contribution in [2.45, 2.75) is 38.4 Å². The van der Waals surface area contributed by atoms with Crippen LogP contribution in [0.5, 0.6) is 0 Å². The number of aryl methyl sites for hydroxylation is 1. The Morgan fingerprint density at radius 2 is 1.71 bits per heavy atom. The molecule has 0 fully saturated rings. The summed E-state index contributed by atoms with van der Waals surface area (Å²) in [4.78, 5) is 11.5. The zero-order chi connectivity index (χ0) is 21.5. The van der Waals surface area contributed by atoms with Crippen LogP contribution in [0.1, 0.15) is 17.0 Å². The van der Waals surface area contributed by atoms with Crippen LogP contribution in [0.15, 0.2) is 24.3 Å². The highest BCUT2D eigenvalue weighted by molar-refractivity contribution is 5.97. The van der Waals surface area contributed by atoms with Crippen molar-refractivity contribution in [2.75, 3.05) is 5.32 Å². The molecule has 0 atom stereocenters. The van der Waals surface area contributed by atoms with E-state index in [1.54, 1.807) is 0 Å². The molecule has 1 heterocycles. The van der Waals surface area contributed by atoms with Gasteiger partial charge in [0.15, 0.2) is 0 Å². The topological polar surface area (TPSA) is 46.9 Å². The van der Waals surface area contributed by atoms with E-state index in [1.807, 2.05) is 0 Å². The molecule has 0 saturated carbocycles. The van der Waals surface area contributed by atoms with Gasteiger partial charge < -0.3 is 5.32 Å². The standard InChI is InChI=1S/C16H13F8N3O/c1-8-12(25-13(28)14(18,19)15(20,21)16(22,23)24)9(2)27(26-8)7-10-4-3-5-11(17)6-10/h3-6H,7H2,1-2H3,(H,25,28). The molecule has 0 unspecified atom stereocenters. The van der Waals surface area contributed by atoms with E-state index in [9.17, 15) is 39.9 Å². The number of halogens is 8. The number of anilines is 1. The summed E-state index contributed by atoms with van der Waals surface area (Å²) < 4.78 is 104. The smallest absolute Gasteiger partial charge is 0.317 e. The lowest BCUT2D eigenvalue weighted by Crippen LogP contribution is -2.57. The van der Waals surface area contributed by atoms with Crippen LogP contribution in [0, 0.1) is 19.7 Å². The van der Waals surface area contributed by atoms with Crippen LogP contribution in [0.3, 0.4) is 0 Å². The summed E-state index contributed by atoms with van der Waals surface area (Å²) in [5.41, 5.74) is -0.133. The molecule has 0 aliphatic heterocycles. The third-order valence-corrected chi connectivity index (χ3v) is 3.88. The minimum Gasteiger partial charge on any atom is -0.317 e. The first kappa shape index (κ1) is 21.6. The van der Waals surface area contributed by atoms with E-state index in [4.69, 9.17) is 0 Å². The molecule has 4 nitrogen and oxygen atoms in total. The third-order valence-electron chi connectivity index (χ3n) is 3.88. The number of aromatic nitrogens is 2. The van der Waals surface area contributed by atoms with Gasteiger partial charge in [-0.25, -0.2) is 4.39 Å². The molecule has 1 aromatic carbocycles. The predicted octanol–water partition coefficient (Wildman–Crippen LogP) is 4.46. The lowest BCUT2D eigenvalue weighted by Gasteiger charge is -2.27. The van der Waals surface area contributed by atoms with Gasteiger partial charge in [-0.05, 0) is 31.5 Å². The van der Waals surface area contributed by atoms with Crippen molar-refractivity contribution in [1.82, 2.24) is 9.78 Å². The van der Waals surface area contributed by atoms with E-state index in [1.165, 1.54) is 37.4 Å². The Labute approximate surface area is 153 Å². The second-order valence-corrected chi connectivity index (χ2v) is 5.93. The lowest BCUT2D eigenvalue weighted by molar-refractivity contribution is -0.343. The van der Waals surface area contributed by atoms with Crippen molar-refractivity contribution in [3.63, 3.8) is 0 Å². The van der Waals surface area contributed by atoms with Gasteiger partial charge in [0, 0.05) is 0 Å². The lowest BCUT2D eigenvalue weighted by atomic mass is 10.1. The summed E-state index contributed by atoms with van der Waals surface area (Å²) in [6.07, 6.45) is -6.63. The van der Waals surface area contributed by atoms with Crippen LogP contribution in [-0.4, -0.2) is 33.7 Å². The molecule has 0 aliphatic rings. The number of hydrogen-bond donors (Lipinski definition) is 1. The van der Waals surface area contributed by atoms with Gasteiger partial charge in [-0.3, -0.25) is 9.48 Å². The highest BCUT2D eigenvalue weighted by atomic mass is 19.4. The monoisotopic (exact) mass is 415 g/mol. The molecular formula is C16H13F8N3O. The van der Waals surface area contributed by atoms with Gasteiger partial charge in [-0.15, -0.1) is 0 Å². The summed E-state index contributed by atoms with van der Waals surface area (Å²) in [7, 11) is 0. The fourth-order valence-corrected chi connectivity index (χ4v) is 2.35.